The molecule has 30 heavy (non-hydrogen) atoms. The largest absolute Gasteiger partial charge is 0.480 e. The van der Waals surface area contributed by atoms with Crippen molar-refractivity contribution in [3.8, 4) is 0 Å². The van der Waals surface area contributed by atoms with Crippen LogP contribution in [0.15, 0.2) is 30.3 Å². The van der Waals surface area contributed by atoms with E-state index in [-0.39, 0.29) is 30.4 Å². The van der Waals surface area contributed by atoms with Crippen LogP contribution >= 0.6 is 0 Å². The molecular formula is C23H32N2O5. The molecule has 1 aromatic carbocycles. The average molecular weight is 417 g/mol. The average Bonchev–Trinajstić information content (AvgIpc) is 3.32. The normalized spacial score (nSPS) is 24.9. The van der Waals surface area contributed by atoms with Crippen molar-refractivity contribution in [1.82, 2.24) is 10.2 Å². The van der Waals surface area contributed by atoms with E-state index in [9.17, 15) is 19.5 Å². The molecule has 1 aliphatic heterocycles. The summed E-state index contributed by atoms with van der Waals surface area (Å²) < 4.78 is 5.21. The number of hydrogen-bond acceptors (Lipinski definition) is 5. The first kappa shape index (κ1) is 22.3. The number of carbonyl (C=O) groups excluding carboxylic acids is 2. The fraction of sp³-hybridized carbons (Fsp3) is 0.609. The Morgan fingerprint density at radius 3 is 2.63 bits per heavy atom. The minimum atomic E-state index is -0.948. The van der Waals surface area contributed by atoms with Gasteiger partial charge in [0.15, 0.2) is 0 Å². The number of aliphatic carboxylic acids is 1. The summed E-state index contributed by atoms with van der Waals surface area (Å²) >= 11 is 0. The molecular weight excluding hydrogens is 384 g/mol. The highest BCUT2D eigenvalue weighted by atomic mass is 16.5. The first-order valence-corrected chi connectivity index (χ1v) is 10.9. The molecule has 2 aliphatic rings. The highest BCUT2D eigenvalue weighted by Gasteiger charge is 2.49. The van der Waals surface area contributed by atoms with Crippen molar-refractivity contribution in [2.75, 3.05) is 6.61 Å². The van der Waals surface area contributed by atoms with Gasteiger partial charge in [-0.05, 0) is 57.4 Å². The van der Waals surface area contributed by atoms with Crippen LogP contribution < -0.4 is 5.32 Å². The van der Waals surface area contributed by atoms with E-state index in [1.165, 1.54) is 0 Å². The molecule has 0 aromatic heterocycles. The van der Waals surface area contributed by atoms with E-state index in [4.69, 9.17) is 4.74 Å². The molecule has 2 fully saturated rings. The van der Waals surface area contributed by atoms with E-state index in [0.29, 0.717) is 19.3 Å². The lowest BCUT2D eigenvalue weighted by atomic mass is 10.0. The van der Waals surface area contributed by atoms with Crippen LogP contribution in [-0.2, 0) is 25.5 Å². The standard InChI is InChI=1S/C23H32N2O5/c1-3-30-23(29)18(13-12-16-8-5-4-6-9-16)24-15(2)21(26)25-19-11-7-10-17(19)14-20(25)22(27)28/h4-6,8-9,15,17-20,24H,3,7,10-14H2,1-2H3,(H,27,28)/t15?,17-,18-,19-,20?/m0/s1. The fourth-order valence-electron chi connectivity index (χ4n) is 4.89. The molecule has 164 valence electrons. The van der Waals surface area contributed by atoms with Gasteiger partial charge in [0.1, 0.15) is 12.1 Å². The molecule has 2 N–H and O–H groups in total. The van der Waals surface area contributed by atoms with Crippen LogP contribution in [0.2, 0.25) is 0 Å². The predicted molar refractivity (Wildman–Crippen MR) is 112 cm³/mol. The van der Waals surface area contributed by atoms with Gasteiger partial charge in [-0.1, -0.05) is 36.8 Å². The van der Waals surface area contributed by atoms with Crippen LogP contribution in [0, 0.1) is 5.92 Å². The second-order valence-corrected chi connectivity index (χ2v) is 8.31. The van der Waals surface area contributed by atoms with Gasteiger partial charge in [0.25, 0.3) is 0 Å². The molecule has 1 saturated heterocycles. The third-order valence-electron chi connectivity index (χ3n) is 6.33. The molecule has 1 amide bonds. The molecule has 7 nitrogen and oxygen atoms in total. The molecule has 0 radical (unpaired) electrons. The van der Waals surface area contributed by atoms with Gasteiger partial charge >= 0.3 is 11.9 Å². The highest BCUT2D eigenvalue weighted by molar-refractivity contribution is 5.88. The van der Waals surface area contributed by atoms with Crippen molar-refractivity contribution in [3.63, 3.8) is 0 Å². The van der Waals surface area contributed by atoms with Gasteiger partial charge in [0.05, 0.1) is 12.6 Å². The molecule has 0 bridgehead atoms. The maximum atomic E-state index is 13.2. The van der Waals surface area contributed by atoms with Gasteiger partial charge < -0.3 is 14.7 Å². The second kappa shape index (κ2) is 10.1. The summed E-state index contributed by atoms with van der Waals surface area (Å²) in [6, 6.07) is 7.76. The first-order valence-electron chi connectivity index (χ1n) is 10.9. The molecule has 2 unspecified atom stereocenters. The lowest BCUT2D eigenvalue weighted by Crippen LogP contribution is -2.55. The fourth-order valence-corrected chi connectivity index (χ4v) is 4.89. The summed E-state index contributed by atoms with van der Waals surface area (Å²) in [5, 5.41) is 12.8. The van der Waals surface area contributed by atoms with Crippen molar-refractivity contribution in [2.24, 2.45) is 5.92 Å². The lowest BCUT2D eigenvalue weighted by molar-refractivity contribution is -0.151. The maximum Gasteiger partial charge on any atom is 0.326 e. The first-order chi connectivity index (χ1) is 14.4. The molecule has 7 heteroatoms. The summed E-state index contributed by atoms with van der Waals surface area (Å²) in [4.78, 5) is 39.1. The van der Waals surface area contributed by atoms with Gasteiger partial charge in [-0.15, -0.1) is 0 Å². The number of esters is 1. The predicted octanol–water partition coefficient (Wildman–Crippen LogP) is 2.38. The third kappa shape index (κ3) is 5.01. The van der Waals surface area contributed by atoms with E-state index in [2.05, 4.69) is 5.32 Å². The Kier molecular flexibility index (Phi) is 7.48. The Labute approximate surface area is 177 Å². The van der Waals surface area contributed by atoms with Gasteiger partial charge in [-0.25, -0.2) is 4.79 Å². The number of nitrogens with zero attached hydrogens (tertiary/aromatic N) is 1. The van der Waals surface area contributed by atoms with E-state index in [1.54, 1.807) is 18.7 Å². The number of amides is 1. The number of likely N-dealkylation sites (tertiary alicyclic amines) is 1. The van der Waals surface area contributed by atoms with Crippen molar-refractivity contribution in [2.45, 2.75) is 76.5 Å². The minimum Gasteiger partial charge on any atom is -0.480 e. The van der Waals surface area contributed by atoms with Crippen molar-refractivity contribution >= 4 is 17.8 Å². The summed E-state index contributed by atoms with van der Waals surface area (Å²) in [6.45, 7) is 3.72. The second-order valence-electron chi connectivity index (χ2n) is 8.31. The summed E-state index contributed by atoms with van der Waals surface area (Å²) in [5.74, 6) is -1.31. The van der Waals surface area contributed by atoms with Crippen molar-refractivity contribution in [1.29, 1.82) is 0 Å². The smallest absolute Gasteiger partial charge is 0.326 e. The Balaban J connectivity index is 1.68. The minimum absolute atomic E-state index is 0.00629. The van der Waals surface area contributed by atoms with Crippen molar-refractivity contribution < 1.29 is 24.2 Å². The number of fused-ring (bicyclic) bond motifs is 1. The Morgan fingerprint density at radius 1 is 1.23 bits per heavy atom. The quantitative estimate of drug-likeness (QED) is 0.600. The molecule has 1 aliphatic carbocycles. The van der Waals surface area contributed by atoms with E-state index >= 15 is 0 Å². The number of benzene rings is 1. The van der Waals surface area contributed by atoms with E-state index < -0.39 is 24.1 Å². The number of ether oxygens (including phenoxy) is 1. The van der Waals surface area contributed by atoms with Crippen LogP contribution in [0.1, 0.15) is 51.5 Å². The zero-order chi connectivity index (χ0) is 21.7. The van der Waals surface area contributed by atoms with Crippen LogP contribution in [0.25, 0.3) is 0 Å². The van der Waals surface area contributed by atoms with Gasteiger partial charge in [0.2, 0.25) is 5.91 Å². The molecule has 3 rings (SSSR count). The Morgan fingerprint density at radius 2 is 1.97 bits per heavy atom. The number of carboxylic acids is 1. The van der Waals surface area contributed by atoms with Crippen LogP contribution in [0.5, 0.6) is 0 Å². The maximum absolute atomic E-state index is 13.2. The summed E-state index contributed by atoms with van der Waals surface area (Å²) in [5.41, 5.74) is 1.10. The van der Waals surface area contributed by atoms with Crippen LogP contribution in [-0.4, -0.2) is 58.6 Å². The number of carboxylic acid groups (broad SMARTS) is 1. The van der Waals surface area contributed by atoms with Gasteiger partial charge in [0, 0.05) is 6.04 Å². The molecule has 0 spiro atoms. The third-order valence-corrected chi connectivity index (χ3v) is 6.33. The summed E-state index contributed by atoms with van der Waals surface area (Å²) in [7, 11) is 0. The summed E-state index contributed by atoms with van der Waals surface area (Å²) in [6.07, 6.45) is 4.54. The number of carbonyl (C=O) groups is 3. The van der Waals surface area contributed by atoms with Gasteiger partial charge in [-0.2, -0.15) is 0 Å². The topological polar surface area (TPSA) is 95.9 Å². The number of hydrogen-bond donors (Lipinski definition) is 2. The van der Waals surface area contributed by atoms with Crippen molar-refractivity contribution in [3.05, 3.63) is 35.9 Å². The number of rotatable bonds is 9. The molecule has 1 saturated carbocycles. The zero-order valence-electron chi connectivity index (χ0n) is 17.8. The SMILES string of the molecule is CCOC(=O)[C@H](CCc1ccccc1)NC(C)C(=O)N1C(C(=O)O)C[C@@H]2CCC[C@@H]21. The molecule has 5 atom stereocenters. The number of nitrogens with one attached hydrogen (secondary N) is 1. The van der Waals surface area contributed by atoms with Gasteiger partial charge in [-0.3, -0.25) is 14.9 Å². The van der Waals surface area contributed by atoms with E-state index in [0.717, 1.165) is 24.8 Å². The van der Waals surface area contributed by atoms with Crippen LogP contribution in [0.3, 0.4) is 0 Å². The zero-order valence-corrected chi connectivity index (χ0v) is 17.8. The lowest BCUT2D eigenvalue weighted by Gasteiger charge is -2.31. The van der Waals surface area contributed by atoms with Crippen LogP contribution in [0.4, 0.5) is 0 Å². The molecule has 1 aromatic rings. The highest BCUT2D eigenvalue weighted by Crippen LogP contribution is 2.41. The van der Waals surface area contributed by atoms with E-state index in [1.807, 2.05) is 30.3 Å². The molecule has 1 heterocycles. The number of aryl methyl sites for hydroxylation is 1. The Hall–Kier alpha value is -2.41. The Bertz CT molecular complexity index is 753. The monoisotopic (exact) mass is 416 g/mol.